The van der Waals surface area contributed by atoms with Gasteiger partial charge >= 0.3 is 0 Å². The van der Waals surface area contributed by atoms with Gasteiger partial charge in [0.05, 0.1) is 29.3 Å². The van der Waals surface area contributed by atoms with Crippen molar-refractivity contribution in [3.05, 3.63) is 66.7 Å². The van der Waals surface area contributed by atoms with Gasteiger partial charge in [0, 0.05) is 18.0 Å². The highest BCUT2D eigenvalue weighted by Crippen LogP contribution is 2.28. The van der Waals surface area contributed by atoms with Crippen LogP contribution in [0.3, 0.4) is 0 Å². The van der Waals surface area contributed by atoms with Crippen LogP contribution < -0.4 is 5.32 Å². The van der Waals surface area contributed by atoms with E-state index in [0.29, 0.717) is 16.9 Å². The van der Waals surface area contributed by atoms with Crippen LogP contribution in [0, 0.1) is 0 Å². The molecule has 0 aliphatic heterocycles. The SMILES string of the molecule is OC(Nc1cn[nH]c1-c1ccccc1)c1cnn2cccnc12. The number of nitrogens with one attached hydrogen (secondary N) is 2. The van der Waals surface area contributed by atoms with E-state index in [0.717, 1.165) is 11.3 Å². The number of anilines is 1. The molecule has 0 saturated heterocycles. The lowest BCUT2D eigenvalue weighted by Crippen LogP contribution is -2.10. The molecule has 23 heavy (non-hydrogen) atoms. The van der Waals surface area contributed by atoms with Crippen molar-refractivity contribution in [1.29, 1.82) is 0 Å². The zero-order valence-corrected chi connectivity index (χ0v) is 12.1. The van der Waals surface area contributed by atoms with E-state index >= 15 is 0 Å². The highest BCUT2D eigenvalue weighted by Gasteiger charge is 2.17. The molecule has 114 valence electrons. The first-order valence-electron chi connectivity index (χ1n) is 7.14. The number of hydrogen-bond acceptors (Lipinski definition) is 5. The maximum absolute atomic E-state index is 10.5. The fraction of sp³-hybridized carbons (Fsp3) is 0.0625. The Morgan fingerprint density at radius 1 is 1.13 bits per heavy atom. The number of aromatic amines is 1. The second-order valence-electron chi connectivity index (χ2n) is 5.06. The fourth-order valence-corrected chi connectivity index (χ4v) is 2.48. The number of H-pyrrole nitrogens is 1. The molecule has 1 aromatic carbocycles. The third-order valence-electron chi connectivity index (χ3n) is 3.60. The molecule has 0 radical (unpaired) electrons. The van der Waals surface area contributed by atoms with Gasteiger partial charge in [-0.05, 0) is 6.07 Å². The van der Waals surface area contributed by atoms with Gasteiger partial charge in [-0.25, -0.2) is 9.50 Å². The third kappa shape index (κ3) is 2.43. The van der Waals surface area contributed by atoms with Crippen LogP contribution in [0.4, 0.5) is 5.69 Å². The molecular formula is C16H14N6O. The van der Waals surface area contributed by atoms with Crippen LogP contribution in [0.15, 0.2) is 61.2 Å². The number of hydrogen-bond donors (Lipinski definition) is 3. The van der Waals surface area contributed by atoms with Gasteiger partial charge < -0.3 is 10.4 Å². The van der Waals surface area contributed by atoms with Gasteiger partial charge in [0.25, 0.3) is 0 Å². The maximum atomic E-state index is 10.5. The predicted molar refractivity (Wildman–Crippen MR) is 85.6 cm³/mol. The number of aliphatic hydroxyl groups is 1. The molecule has 1 atom stereocenters. The summed E-state index contributed by atoms with van der Waals surface area (Å²) >= 11 is 0. The molecule has 0 fully saturated rings. The van der Waals surface area contributed by atoms with Gasteiger partial charge in [0.1, 0.15) is 0 Å². The summed E-state index contributed by atoms with van der Waals surface area (Å²) in [5.41, 5.74) is 3.72. The van der Waals surface area contributed by atoms with Crippen LogP contribution in [0.5, 0.6) is 0 Å². The van der Waals surface area contributed by atoms with E-state index in [-0.39, 0.29) is 0 Å². The van der Waals surface area contributed by atoms with Gasteiger partial charge in [-0.3, -0.25) is 5.10 Å². The van der Waals surface area contributed by atoms with Gasteiger partial charge in [0.15, 0.2) is 11.9 Å². The molecule has 0 aliphatic carbocycles. The predicted octanol–water partition coefficient (Wildman–Crippen LogP) is 2.22. The van der Waals surface area contributed by atoms with Gasteiger partial charge in [-0.2, -0.15) is 10.2 Å². The summed E-state index contributed by atoms with van der Waals surface area (Å²) in [6, 6.07) is 11.6. The first-order chi connectivity index (χ1) is 11.3. The number of rotatable bonds is 4. The summed E-state index contributed by atoms with van der Waals surface area (Å²) < 4.78 is 1.62. The molecule has 3 heterocycles. The molecular weight excluding hydrogens is 292 g/mol. The smallest absolute Gasteiger partial charge is 0.162 e. The topological polar surface area (TPSA) is 91.1 Å². The minimum Gasteiger partial charge on any atom is -0.369 e. The van der Waals surface area contributed by atoms with E-state index in [9.17, 15) is 5.11 Å². The lowest BCUT2D eigenvalue weighted by Gasteiger charge is -2.13. The van der Waals surface area contributed by atoms with E-state index in [4.69, 9.17) is 0 Å². The molecule has 0 spiro atoms. The second kappa shape index (κ2) is 5.54. The van der Waals surface area contributed by atoms with Crippen LogP contribution in [0.25, 0.3) is 16.9 Å². The lowest BCUT2D eigenvalue weighted by atomic mass is 10.1. The van der Waals surface area contributed by atoms with Crippen LogP contribution >= 0.6 is 0 Å². The van der Waals surface area contributed by atoms with E-state index < -0.39 is 6.23 Å². The van der Waals surface area contributed by atoms with Crippen molar-refractivity contribution >= 4 is 11.3 Å². The molecule has 3 aromatic heterocycles. The molecule has 7 heteroatoms. The van der Waals surface area contributed by atoms with E-state index in [1.165, 1.54) is 0 Å². The number of aliphatic hydroxyl groups excluding tert-OH is 1. The number of fused-ring (bicyclic) bond motifs is 1. The van der Waals surface area contributed by atoms with Crippen molar-refractivity contribution in [2.24, 2.45) is 0 Å². The number of benzene rings is 1. The number of aromatic nitrogens is 5. The molecule has 0 amide bonds. The second-order valence-corrected chi connectivity index (χ2v) is 5.06. The minimum atomic E-state index is -0.942. The van der Waals surface area contributed by atoms with Crippen LogP contribution in [0.1, 0.15) is 11.8 Å². The average molecular weight is 306 g/mol. The van der Waals surface area contributed by atoms with Crippen LogP contribution in [-0.2, 0) is 0 Å². The summed E-state index contributed by atoms with van der Waals surface area (Å²) in [6.45, 7) is 0. The Hall–Kier alpha value is -3.19. The summed E-state index contributed by atoms with van der Waals surface area (Å²) in [4.78, 5) is 4.25. The molecule has 1 unspecified atom stereocenters. The van der Waals surface area contributed by atoms with Crippen LogP contribution in [0.2, 0.25) is 0 Å². The molecule has 3 N–H and O–H groups in total. The standard InChI is InChI=1S/C16H14N6O/c23-16(12-9-19-22-8-4-7-17-15(12)22)20-13-10-18-21-14(13)11-5-2-1-3-6-11/h1-10,16,20,23H,(H,18,21). The molecule has 7 nitrogen and oxygen atoms in total. The Balaban J connectivity index is 1.65. The normalized spacial score (nSPS) is 12.4. The van der Waals surface area contributed by atoms with Crippen molar-refractivity contribution in [2.75, 3.05) is 5.32 Å². The first kappa shape index (κ1) is 13.5. The minimum absolute atomic E-state index is 0.603. The van der Waals surface area contributed by atoms with Gasteiger partial charge in [0.2, 0.25) is 0 Å². The summed E-state index contributed by atoms with van der Waals surface area (Å²) in [5.74, 6) is 0. The van der Waals surface area contributed by atoms with Crippen molar-refractivity contribution in [3.63, 3.8) is 0 Å². The maximum Gasteiger partial charge on any atom is 0.162 e. The Morgan fingerprint density at radius 3 is 2.87 bits per heavy atom. The monoisotopic (exact) mass is 306 g/mol. The molecule has 0 saturated carbocycles. The van der Waals surface area contributed by atoms with Crippen molar-refractivity contribution in [3.8, 4) is 11.3 Å². The van der Waals surface area contributed by atoms with Crippen LogP contribution in [-0.4, -0.2) is 29.9 Å². The Kier molecular flexibility index (Phi) is 3.25. The largest absolute Gasteiger partial charge is 0.369 e. The summed E-state index contributed by atoms with van der Waals surface area (Å²) in [5, 5.41) is 24.7. The van der Waals surface area contributed by atoms with Gasteiger partial charge in [-0.15, -0.1) is 0 Å². The summed E-state index contributed by atoms with van der Waals surface area (Å²) in [7, 11) is 0. The van der Waals surface area contributed by atoms with Crippen molar-refractivity contribution in [1.82, 2.24) is 24.8 Å². The Bertz CT molecular complexity index is 930. The van der Waals surface area contributed by atoms with E-state index in [2.05, 4.69) is 25.6 Å². The van der Waals surface area contributed by atoms with E-state index in [1.54, 1.807) is 35.4 Å². The third-order valence-corrected chi connectivity index (χ3v) is 3.60. The Morgan fingerprint density at radius 2 is 2.00 bits per heavy atom. The molecule has 0 bridgehead atoms. The van der Waals surface area contributed by atoms with Crippen molar-refractivity contribution in [2.45, 2.75) is 6.23 Å². The zero-order chi connectivity index (χ0) is 15.6. The highest BCUT2D eigenvalue weighted by molar-refractivity contribution is 5.74. The molecule has 4 aromatic rings. The highest BCUT2D eigenvalue weighted by atomic mass is 16.3. The van der Waals surface area contributed by atoms with E-state index in [1.807, 2.05) is 30.3 Å². The number of nitrogens with zero attached hydrogens (tertiary/aromatic N) is 4. The lowest BCUT2D eigenvalue weighted by molar-refractivity contribution is 0.209. The average Bonchev–Trinajstić information content (AvgIpc) is 3.22. The van der Waals surface area contributed by atoms with Gasteiger partial charge in [-0.1, -0.05) is 30.3 Å². The summed E-state index contributed by atoms with van der Waals surface area (Å²) in [6.07, 6.45) is 5.75. The fourth-order valence-electron chi connectivity index (χ4n) is 2.48. The molecule has 0 aliphatic rings. The first-order valence-corrected chi connectivity index (χ1v) is 7.14. The Labute approximate surface area is 131 Å². The quantitative estimate of drug-likeness (QED) is 0.503. The zero-order valence-electron chi connectivity index (χ0n) is 12.1. The molecule has 4 rings (SSSR count). The van der Waals surface area contributed by atoms with Crippen molar-refractivity contribution < 1.29 is 5.11 Å².